The van der Waals surface area contributed by atoms with Crippen LogP contribution < -0.4 is 20.1 Å². The van der Waals surface area contributed by atoms with Crippen molar-refractivity contribution in [1.82, 2.24) is 9.62 Å². The van der Waals surface area contributed by atoms with Crippen LogP contribution in [0.1, 0.15) is 39.5 Å². The van der Waals surface area contributed by atoms with E-state index in [0.717, 1.165) is 33.1 Å². The average Bonchev–Trinajstić information content (AvgIpc) is 3.30. The van der Waals surface area contributed by atoms with Gasteiger partial charge < -0.3 is 25.2 Å². The maximum Gasteiger partial charge on any atom is 0.326 e. The maximum atomic E-state index is 14.5. The third-order valence-electron chi connectivity index (χ3n) is 11.0. The number of amides is 2. The molecule has 0 radical (unpaired) electrons. The van der Waals surface area contributed by atoms with Gasteiger partial charge in [-0.2, -0.15) is 9.57 Å². The summed E-state index contributed by atoms with van der Waals surface area (Å²) >= 11 is 12.1. The molecule has 3 N–H and O–H groups in total. The number of carboxylic acids is 1. The minimum absolute atomic E-state index is 0.165. The average molecular weight is 933 g/mol. The lowest BCUT2D eigenvalue weighted by Gasteiger charge is -2.36. The third-order valence-corrected chi connectivity index (χ3v) is 13.7. The number of para-hydroxylation sites is 1. The normalized spacial score (nSPS) is 16.1. The smallest absolute Gasteiger partial charge is 0.326 e. The van der Waals surface area contributed by atoms with Crippen LogP contribution in [0.3, 0.4) is 0 Å². The SMILES string of the molecule is N#Cc1ccc(-c2ccc(C[C@H](NC(=O)[C@@H]3Cc4cc5c(cc4CN3S(=O)(=O)c3ccccc3[N+](=O)[O-])OC(c3ccc(OCc4ccc(Cl)c(Cl)c4)cc3)C(=O)N5)C(=O)O)cc2)cc1. The Kier molecular flexibility index (Phi) is 12.6. The number of nitriles is 1. The summed E-state index contributed by atoms with van der Waals surface area (Å²) in [5.41, 5.74) is 4.35. The van der Waals surface area contributed by atoms with Gasteiger partial charge in [0, 0.05) is 24.6 Å². The van der Waals surface area contributed by atoms with Gasteiger partial charge in [0.15, 0.2) is 4.90 Å². The number of halogens is 2. The zero-order valence-electron chi connectivity index (χ0n) is 33.8. The van der Waals surface area contributed by atoms with Gasteiger partial charge in [0.1, 0.15) is 30.2 Å². The van der Waals surface area contributed by atoms with Crippen LogP contribution in [0.15, 0.2) is 132 Å². The molecule has 0 aliphatic carbocycles. The highest BCUT2D eigenvalue weighted by Gasteiger charge is 2.44. The number of anilines is 1. The highest BCUT2D eigenvalue weighted by atomic mass is 35.5. The second kappa shape index (κ2) is 18.4. The van der Waals surface area contributed by atoms with Gasteiger partial charge in [-0.15, -0.1) is 0 Å². The number of carbonyl (C=O) groups excluding carboxylic acids is 2. The topological polar surface area (TPSA) is 218 Å². The van der Waals surface area contributed by atoms with Gasteiger partial charge in [0.2, 0.25) is 12.0 Å². The van der Waals surface area contributed by atoms with E-state index < -0.39 is 68.0 Å². The van der Waals surface area contributed by atoms with E-state index in [0.29, 0.717) is 43.6 Å². The molecule has 8 rings (SSSR count). The summed E-state index contributed by atoms with van der Waals surface area (Å²) in [6.07, 6.45) is -1.57. The fourth-order valence-corrected chi connectivity index (χ4v) is 9.67. The molecule has 2 aliphatic heterocycles. The Morgan fingerprint density at radius 2 is 1.60 bits per heavy atom. The lowest BCUT2D eigenvalue weighted by molar-refractivity contribution is -0.387. The van der Waals surface area contributed by atoms with Crippen molar-refractivity contribution >= 4 is 62.4 Å². The van der Waals surface area contributed by atoms with Gasteiger partial charge in [-0.05, 0) is 94.4 Å². The van der Waals surface area contributed by atoms with Crippen molar-refractivity contribution < 1.29 is 42.3 Å². The fraction of sp³-hybridized carbons (Fsp3) is 0.149. The molecule has 2 amide bonds. The minimum Gasteiger partial charge on any atom is -0.489 e. The van der Waals surface area contributed by atoms with Gasteiger partial charge in [0.05, 0.1) is 32.3 Å². The van der Waals surface area contributed by atoms with E-state index >= 15 is 0 Å². The summed E-state index contributed by atoms with van der Waals surface area (Å²) < 4.78 is 41.9. The number of nitro benzene ring substituents is 1. The van der Waals surface area contributed by atoms with Gasteiger partial charge in [-0.25, -0.2) is 13.2 Å². The number of sulfonamides is 1. The Hall–Kier alpha value is -7.29. The van der Waals surface area contributed by atoms with E-state index in [4.69, 9.17) is 37.9 Å². The third kappa shape index (κ3) is 9.49. The number of hydrogen-bond donors (Lipinski definition) is 3. The molecule has 2 aliphatic rings. The first-order valence-corrected chi connectivity index (χ1v) is 22.1. The molecule has 6 aromatic rings. The highest BCUT2D eigenvalue weighted by molar-refractivity contribution is 7.89. The number of nitrogens with zero attached hydrogens (tertiary/aromatic N) is 3. The van der Waals surface area contributed by atoms with E-state index in [2.05, 4.69) is 16.7 Å². The Morgan fingerprint density at radius 3 is 2.26 bits per heavy atom. The van der Waals surface area contributed by atoms with Crippen molar-refractivity contribution in [2.75, 3.05) is 5.32 Å². The number of benzene rings is 6. The van der Waals surface area contributed by atoms with E-state index in [9.17, 15) is 38.0 Å². The molecule has 18 heteroatoms. The van der Waals surface area contributed by atoms with E-state index in [1.165, 1.54) is 12.1 Å². The summed E-state index contributed by atoms with van der Waals surface area (Å²) in [6, 6.07) is 32.5. The number of ether oxygens (including phenoxy) is 2. The molecule has 0 aromatic heterocycles. The van der Waals surface area contributed by atoms with Gasteiger partial charge in [-0.3, -0.25) is 19.7 Å². The number of hydrogen-bond acceptors (Lipinski definition) is 10. The summed E-state index contributed by atoms with van der Waals surface area (Å²) in [5.74, 6) is -2.12. The molecule has 6 aromatic carbocycles. The van der Waals surface area contributed by atoms with Gasteiger partial charge in [0.25, 0.3) is 21.6 Å². The molecule has 0 saturated heterocycles. The number of carboxylic acid groups (broad SMARTS) is 1. The van der Waals surface area contributed by atoms with Gasteiger partial charge >= 0.3 is 5.97 Å². The molecule has 0 saturated carbocycles. The van der Waals surface area contributed by atoms with Crippen molar-refractivity contribution in [3.05, 3.63) is 181 Å². The lowest BCUT2D eigenvalue weighted by atomic mass is 9.93. The van der Waals surface area contributed by atoms with Crippen molar-refractivity contribution in [1.29, 1.82) is 5.26 Å². The first-order valence-electron chi connectivity index (χ1n) is 19.9. The van der Waals surface area contributed by atoms with E-state index in [-0.39, 0.29) is 30.9 Å². The molecule has 1 unspecified atom stereocenters. The molecule has 65 heavy (non-hydrogen) atoms. The Bertz CT molecular complexity index is 3020. The predicted octanol–water partition coefficient (Wildman–Crippen LogP) is 8.02. The monoisotopic (exact) mass is 931 g/mol. The molecule has 15 nitrogen and oxygen atoms in total. The van der Waals surface area contributed by atoms with Crippen LogP contribution in [-0.2, 0) is 50.4 Å². The molecular formula is C47H35Cl2N5O10S. The quantitative estimate of drug-likeness (QED) is 0.0744. The van der Waals surface area contributed by atoms with Crippen LogP contribution >= 0.6 is 23.2 Å². The first kappa shape index (κ1) is 44.3. The van der Waals surface area contributed by atoms with Crippen LogP contribution in [0, 0.1) is 21.4 Å². The molecule has 0 fully saturated rings. The van der Waals surface area contributed by atoms with E-state index in [1.807, 2.05) is 0 Å². The second-order valence-electron chi connectivity index (χ2n) is 15.2. The van der Waals surface area contributed by atoms with Gasteiger partial charge in [-0.1, -0.05) is 89.9 Å². The number of nitrogens with one attached hydrogen (secondary N) is 2. The number of fused-ring (bicyclic) bond motifs is 2. The molecule has 0 spiro atoms. The standard InChI is InChI=1S/C47H35Cl2N5O10S/c48-36-18-9-29(19-37(36)49)26-63-35-16-14-32(15-17-35)44-46(56)51-38-21-33-22-41(53(25-34(33)23-42(38)64-44)65(61,62)43-4-2-1-3-40(43)54(59)60)45(55)52-39(47(57)58)20-27-5-10-30(11-6-27)31-12-7-28(24-50)8-13-31/h1-19,21,23,39,41,44H,20,22,25-26H2,(H,51,56)(H,52,55)(H,57,58)/t39-,41-,44?/m0/s1. The zero-order chi connectivity index (χ0) is 46.0. The Labute approximate surface area is 381 Å². The Morgan fingerprint density at radius 1 is 0.923 bits per heavy atom. The largest absolute Gasteiger partial charge is 0.489 e. The van der Waals surface area contributed by atoms with Crippen molar-refractivity contribution in [3.8, 4) is 28.7 Å². The minimum atomic E-state index is -4.81. The number of carbonyl (C=O) groups is 3. The summed E-state index contributed by atoms with van der Waals surface area (Å²) in [6.45, 7) is -0.254. The number of nitro groups is 1. The van der Waals surface area contributed by atoms with Crippen LogP contribution in [0.2, 0.25) is 10.0 Å². The highest BCUT2D eigenvalue weighted by Crippen LogP contribution is 2.41. The molecule has 0 bridgehead atoms. The first-order chi connectivity index (χ1) is 31.2. The maximum absolute atomic E-state index is 14.5. The van der Waals surface area contributed by atoms with Crippen LogP contribution in [0.4, 0.5) is 11.4 Å². The fourth-order valence-electron chi connectivity index (χ4n) is 7.62. The predicted molar refractivity (Wildman–Crippen MR) is 239 cm³/mol. The number of aliphatic carboxylic acids is 1. The van der Waals surface area contributed by atoms with Crippen LogP contribution in [-0.4, -0.2) is 52.6 Å². The van der Waals surface area contributed by atoms with Crippen molar-refractivity contribution in [2.45, 2.75) is 49.1 Å². The zero-order valence-corrected chi connectivity index (χ0v) is 36.1. The summed E-state index contributed by atoms with van der Waals surface area (Å²) in [4.78, 5) is 50.9. The molecule has 3 atom stereocenters. The molecule has 328 valence electrons. The second-order valence-corrected chi connectivity index (χ2v) is 17.9. The van der Waals surface area contributed by atoms with Crippen LogP contribution in [0.5, 0.6) is 11.5 Å². The molecular weight excluding hydrogens is 898 g/mol. The summed E-state index contributed by atoms with van der Waals surface area (Å²) in [7, 11) is -4.81. The molecule has 2 heterocycles. The van der Waals surface area contributed by atoms with E-state index in [1.54, 1.807) is 103 Å². The number of rotatable bonds is 13. The van der Waals surface area contributed by atoms with Crippen LogP contribution in [0.25, 0.3) is 11.1 Å². The summed E-state index contributed by atoms with van der Waals surface area (Å²) in [5, 5.41) is 37.6. The van der Waals surface area contributed by atoms with Crippen molar-refractivity contribution in [2.24, 2.45) is 0 Å². The lowest BCUT2D eigenvalue weighted by Crippen LogP contribution is -2.55. The Balaban J connectivity index is 1.04. The van der Waals surface area contributed by atoms with Crippen molar-refractivity contribution in [3.63, 3.8) is 0 Å².